The number of fused-ring (bicyclic) bond motifs is 6. The number of rotatable bonds is 1. The maximum atomic E-state index is 5.08. The molecular weight excluding hydrogens is 420 g/mol. The van der Waals surface area contributed by atoms with Crippen molar-refractivity contribution >= 4 is 59.2 Å². The van der Waals surface area contributed by atoms with Crippen molar-refractivity contribution in [1.29, 1.82) is 0 Å². The van der Waals surface area contributed by atoms with Gasteiger partial charge >= 0.3 is 0 Å². The number of nitrogens with zero attached hydrogens (tertiary/aromatic N) is 2. The second kappa shape index (κ2) is 6.36. The van der Waals surface area contributed by atoms with Gasteiger partial charge in [0, 0.05) is 32.2 Å². The average Bonchev–Trinajstić information content (AvgIpc) is 2.79. The largest absolute Gasteiger partial charge is 0.253 e. The molecule has 0 atom stereocenters. The van der Waals surface area contributed by atoms with Crippen molar-refractivity contribution in [1.82, 2.24) is 9.97 Å². The molecule has 6 aromatic rings. The molecule has 29 heavy (non-hydrogen) atoms. The summed E-state index contributed by atoms with van der Waals surface area (Å²) in [5.41, 5.74) is 2.82. The first kappa shape index (κ1) is 16.6. The van der Waals surface area contributed by atoms with Crippen LogP contribution < -0.4 is 0 Å². The highest BCUT2D eigenvalue weighted by Crippen LogP contribution is 2.39. The Morgan fingerprint density at radius 2 is 1.24 bits per heavy atom. The highest BCUT2D eigenvalue weighted by molar-refractivity contribution is 9.10. The molecule has 0 saturated carbocycles. The van der Waals surface area contributed by atoms with E-state index in [0.29, 0.717) is 0 Å². The van der Waals surface area contributed by atoms with E-state index in [2.05, 4.69) is 94.8 Å². The number of para-hydroxylation sites is 1. The van der Waals surface area contributed by atoms with Crippen molar-refractivity contribution in [2.45, 2.75) is 0 Å². The molecule has 2 heterocycles. The van der Waals surface area contributed by atoms with Crippen molar-refractivity contribution in [2.24, 2.45) is 0 Å². The van der Waals surface area contributed by atoms with Crippen molar-refractivity contribution in [3.05, 3.63) is 95.6 Å². The van der Waals surface area contributed by atoms with E-state index in [4.69, 9.17) is 9.97 Å². The number of pyridine rings is 2. The van der Waals surface area contributed by atoms with Crippen LogP contribution in [0.4, 0.5) is 0 Å². The van der Waals surface area contributed by atoms with Crippen LogP contribution in [0.1, 0.15) is 0 Å². The summed E-state index contributed by atoms with van der Waals surface area (Å²) in [6.07, 6.45) is 1.88. The van der Waals surface area contributed by atoms with Gasteiger partial charge in [0.15, 0.2) is 0 Å². The molecule has 0 aliphatic carbocycles. The summed E-state index contributed by atoms with van der Waals surface area (Å²) >= 11 is 3.64. The Balaban J connectivity index is 1.86. The van der Waals surface area contributed by atoms with Gasteiger partial charge < -0.3 is 0 Å². The lowest BCUT2D eigenvalue weighted by atomic mass is 9.95. The SMILES string of the molecule is Brc1cnc(-c2nc3ccccc3c3c2ccc2ccccc23)c2ccccc12. The van der Waals surface area contributed by atoms with Crippen LogP contribution in [-0.4, -0.2) is 9.97 Å². The van der Waals surface area contributed by atoms with Gasteiger partial charge in [0.1, 0.15) is 0 Å². The zero-order valence-electron chi connectivity index (χ0n) is 15.4. The third-order valence-corrected chi connectivity index (χ3v) is 6.19. The monoisotopic (exact) mass is 434 g/mol. The molecule has 0 saturated heterocycles. The summed E-state index contributed by atoms with van der Waals surface area (Å²) in [4.78, 5) is 9.89. The first-order valence-corrected chi connectivity index (χ1v) is 10.3. The van der Waals surface area contributed by atoms with Crippen molar-refractivity contribution < 1.29 is 0 Å². The van der Waals surface area contributed by atoms with Gasteiger partial charge in [0.2, 0.25) is 0 Å². The smallest absolute Gasteiger partial charge is 0.0978 e. The molecular formula is C26H15BrN2. The van der Waals surface area contributed by atoms with Gasteiger partial charge in [-0.25, -0.2) is 4.98 Å². The third-order valence-electron chi connectivity index (χ3n) is 5.56. The molecule has 0 bridgehead atoms. The summed E-state index contributed by atoms with van der Waals surface area (Å²) in [5, 5.41) is 8.24. The average molecular weight is 435 g/mol. The molecule has 4 aromatic carbocycles. The maximum Gasteiger partial charge on any atom is 0.0978 e. The highest BCUT2D eigenvalue weighted by atomic mass is 79.9. The molecule has 3 heteroatoms. The number of hydrogen-bond donors (Lipinski definition) is 0. The Labute approximate surface area is 176 Å². The van der Waals surface area contributed by atoms with Crippen molar-refractivity contribution in [3.63, 3.8) is 0 Å². The minimum atomic E-state index is 0.912. The topological polar surface area (TPSA) is 25.8 Å². The van der Waals surface area contributed by atoms with E-state index in [-0.39, 0.29) is 0 Å². The molecule has 0 unspecified atom stereocenters. The summed E-state index contributed by atoms with van der Waals surface area (Å²) in [7, 11) is 0. The molecule has 0 aliphatic rings. The lowest BCUT2D eigenvalue weighted by Gasteiger charge is -2.14. The van der Waals surface area contributed by atoms with E-state index in [0.717, 1.165) is 37.5 Å². The Morgan fingerprint density at radius 3 is 2.10 bits per heavy atom. The van der Waals surface area contributed by atoms with Gasteiger partial charge in [0.05, 0.1) is 16.9 Å². The fourth-order valence-electron chi connectivity index (χ4n) is 4.25. The van der Waals surface area contributed by atoms with Crippen LogP contribution >= 0.6 is 15.9 Å². The Hall–Kier alpha value is -3.30. The second-order valence-electron chi connectivity index (χ2n) is 7.19. The van der Waals surface area contributed by atoms with Crippen LogP contribution in [0.15, 0.2) is 95.6 Å². The molecule has 2 nitrogen and oxygen atoms in total. The van der Waals surface area contributed by atoms with Crippen molar-refractivity contribution in [2.75, 3.05) is 0 Å². The van der Waals surface area contributed by atoms with E-state index in [9.17, 15) is 0 Å². The molecule has 136 valence electrons. The quantitative estimate of drug-likeness (QED) is 0.250. The van der Waals surface area contributed by atoms with Crippen LogP contribution in [0.25, 0.3) is 54.6 Å². The number of hydrogen-bond acceptors (Lipinski definition) is 2. The molecule has 0 fully saturated rings. The Kier molecular flexibility index (Phi) is 3.65. The van der Waals surface area contributed by atoms with Gasteiger partial charge in [-0.1, -0.05) is 78.9 Å². The zero-order valence-corrected chi connectivity index (χ0v) is 17.0. The normalized spacial score (nSPS) is 11.6. The fraction of sp³-hybridized carbons (Fsp3) is 0. The minimum Gasteiger partial charge on any atom is -0.253 e. The standard InChI is InChI=1S/C26H15BrN2/c27-22-15-28-25(19-10-4-3-9-18(19)22)26-21-14-13-16-7-1-2-8-17(16)24(21)20-11-5-6-12-23(20)29-26/h1-15H. The van der Waals surface area contributed by atoms with Crippen LogP contribution in [0.5, 0.6) is 0 Å². The number of benzene rings is 4. The first-order valence-electron chi connectivity index (χ1n) is 9.55. The zero-order chi connectivity index (χ0) is 19.4. The molecule has 0 amide bonds. The van der Waals surface area contributed by atoms with Crippen LogP contribution in [0.3, 0.4) is 0 Å². The molecule has 6 rings (SSSR count). The van der Waals surface area contributed by atoms with Gasteiger partial charge in [0.25, 0.3) is 0 Å². The van der Waals surface area contributed by atoms with Crippen LogP contribution in [-0.2, 0) is 0 Å². The highest BCUT2D eigenvalue weighted by Gasteiger charge is 2.16. The fourth-order valence-corrected chi connectivity index (χ4v) is 4.70. The molecule has 0 radical (unpaired) electrons. The van der Waals surface area contributed by atoms with Crippen LogP contribution in [0.2, 0.25) is 0 Å². The molecule has 0 N–H and O–H groups in total. The van der Waals surface area contributed by atoms with Gasteiger partial charge in [-0.05, 0) is 38.2 Å². The lowest BCUT2D eigenvalue weighted by Crippen LogP contribution is -1.94. The Morgan fingerprint density at radius 1 is 0.552 bits per heavy atom. The third kappa shape index (κ3) is 2.48. The predicted octanol–water partition coefficient (Wildman–Crippen LogP) is 7.52. The van der Waals surface area contributed by atoms with Gasteiger partial charge in [-0.2, -0.15) is 0 Å². The molecule has 2 aromatic heterocycles. The van der Waals surface area contributed by atoms with E-state index in [1.165, 1.54) is 21.5 Å². The van der Waals surface area contributed by atoms with E-state index < -0.39 is 0 Å². The predicted molar refractivity (Wildman–Crippen MR) is 125 cm³/mol. The first-order chi connectivity index (χ1) is 14.3. The summed E-state index contributed by atoms with van der Waals surface area (Å²) in [6, 6.07) is 29.6. The lowest BCUT2D eigenvalue weighted by molar-refractivity contribution is 1.30. The summed E-state index contributed by atoms with van der Waals surface area (Å²) in [5.74, 6) is 0. The van der Waals surface area contributed by atoms with Gasteiger partial charge in [-0.15, -0.1) is 0 Å². The molecule has 0 spiro atoms. The summed E-state index contributed by atoms with van der Waals surface area (Å²) < 4.78 is 0.993. The van der Waals surface area contributed by atoms with E-state index >= 15 is 0 Å². The maximum absolute atomic E-state index is 5.08. The minimum absolute atomic E-state index is 0.912. The van der Waals surface area contributed by atoms with Crippen molar-refractivity contribution in [3.8, 4) is 11.4 Å². The van der Waals surface area contributed by atoms with E-state index in [1.807, 2.05) is 12.3 Å². The molecule has 0 aliphatic heterocycles. The Bertz CT molecular complexity index is 1550. The van der Waals surface area contributed by atoms with E-state index in [1.54, 1.807) is 0 Å². The van der Waals surface area contributed by atoms with Crippen LogP contribution in [0, 0.1) is 0 Å². The van der Waals surface area contributed by atoms with Gasteiger partial charge in [-0.3, -0.25) is 4.98 Å². The summed E-state index contributed by atoms with van der Waals surface area (Å²) in [6.45, 7) is 0. The second-order valence-corrected chi connectivity index (χ2v) is 8.04. The number of aromatic nitrogens is 2. The number of halogens is 1.